The van der Waals surface area contributed by atoms with Gasteiger partial charge < -0.3 is 15.7 Å². The van der Waals surface area contributed by atoms with Gasteiger partial charge in [0, 0.05) is 0 Å². The van der Waals surface area contributed by atoms with Gasteiger partial charge in [-0.2, -0.15) is 0 Å². The van der Waals surface area contributed by atoms with Crippen LogP contribution in [0.4, 0.5) is 4.79 Å². The summed E-state index contributed by atoms with van der Waals surface area (Å²) in [7, 11) is 0. The lowest BCUT2D eigenvalue weighted by Crippen LogP contribution is -2.48. The molecule has 0 heterocycles. The number of hydrogen-bond acceptors (Lipinski definition) is 2. The van der Waals surface area contributed by atoms with E-state index in [1.54, 1.807) is 6.92 Å². The Labute approximate surface area is 95.6 Å². The standard InChI is InChI=1S/C11H18N2O3/c1-4-7-8(5-2)12-11(16)13-9(6-3)10(14)15/h2,8-9H,4,6-7H2,1,3H3,(H,14,15)(H2,12,13,16)/t8?,9-/m1/s1. The number of carboxylic acids is 1. The van der Waals surface area contributed by atoms with Crippen LogP contribution in [0.15, 0.2) is 0 Å². The second kappa shape index (κ2) is 7.57. The molecule has 0 saturated carbocycles. The van der Waals surface area contributed by atoms with Crippen LogP contribution < -0.4 is 10.6 Å². The highest BCUT2D eigenvalue weighted by Crippen LogP contribution is 1.95. The highest BCUT2D eigenvalue weighted by atomic mass is 16.4. The van der Waals surface area contributed by atoms with Gasteiger partial charge in [-0.1, -0.05) is 26.2 Å². The Bertz CT molecular complexity index is 283. The molecule has 0 saturated heterocycles. The lowest BCUT2D eigenvalue weighted by atomic mass is 10.2. The summed E-state index contributed by atoms with van der Waals surface area (Å²) in [5, 5.41) is 13.6. The van der Waals surface area contributed by atoms with Crippen molar-refractivity contribution in [3.8, 4) is 12.3 Å². The molecule has 0 bridgehead atoms. The van der Waals surface area contributed by atoms with Crippen LogP contribution in [0.5, 0.6) is 0 Å². The topological polar surface area (TPSA) is 78.4 Å². The zero-order valence-corrected chi connectivity index (χ0v) is 9.62. The zero-order valence-electron chi connectivity index (χ0n) is 9.62. The minimum atomic E-state index is -1.05. The smallest absolute Gasteiger partial charge is 0.326 e. The van der Waals surface area contributed by atoms with Gasteiger partial charge in [-0.05, 0) is 12.8 Å². The number of nitrogens with one attached hydrogen (secondary N) is 2. The first-order valence-corrected chi connectivity index (χ1v) is 5.31. The largest absolute Gasteiger partial charge is 0.480 e. The number of carbonyl (C=O) groups is 2. The second-order valence-electron chi connectivity index (χ2n) is 3.42. The minimum absolute atomic E-state index is 0.331. The van der Waals surface area contributed by atoms with Gasteiger partial charge in [0.2, 0.25) is 0 Å². The lowest BCUT2D eigenvalue weighted by molar-refractivity contribution is -0.139. The summed E-state index contributed by atoms with van der Waals surface area (Å²) in [4.78, 5) is 22.0. The van der Waals surface area contributed by atoms with E-state index in [1.807, 2.05) is 6.92 Å². The molecule has 0 aliphatic heterocycles. The van der Waals surface area contributed by atoms with E-state index in [4.69, 9.17) is 11.5 Å². The van der Waals surface area contributed by atoms with Gasteiger partial charge in [0.25, 0.3) is 0 Å². The molecule has 0 rings (SSSR count). The molecular weight excluding hydrogens is 208 g/mol. The number of terminal acetylenes is 1. The van der Waals surface area contributed by atoms with Crippen molar-refractivity contribution in [1.82, 2.24) is 10.6 Å². The molecule has 2 atom stereocenters. The van der Waals surface area contributed by atoms with Gasteiger partial charge in [-0.3, -0.25) is 0 Å². The third kappa shape index (κ3) is 5.25. The maximum absolute atomic E-state index is 11.4. The monoisotopic (exact) mass is 226 g/mol. The van der Waals surface area contributed by atoms with Crippen molar-refractivity contribution in [2.75, 3.05) is 0 Å². The molecule has 0 radical (unpaired) electrons. The number of urea groups is 1. The molecule has 0 aliphatic rings. The van der Waals surface area contributed by atoms with Crippen LogP contribution in [0.1, 0.15) is 33.1 Å². The summed E-state index contributed by atoms with van der Waals surface area (Å²) >= 11 is 0. The average Bonchev–Trinajstić information content (AvgIpc) is 2.24. The number of carbonyl (C=O) groups excluding carboxylic acids is 1. The van der Waals surface area contributed by atoms with E-state index in [-0.39, 0.29) is 6.04 Å². The highest BCUT2D eigenvalue weighted by Gasteiger charge is 2.18. The van der Waals surface area contributed by atoms with Gasteiger partial charge in [-0.15, -0.1) is 6.42 Å². The molecule has 0 spiro atoms. The molecule has 0 aromatic rings. The molecule has 0 fully saturated rings. The summed E-state index contributed by atoms with van der Waals surface area (Å²) < 4.78 is 0. The third-order valence-electron chi connectivity index (χ3n) is 2.10. The van der Waals surface area contributed by atoms with E-state index in [9.17, 15) is 9.59 Å². The lowest BCUT2D eigenvalue weighted by Gasteiger charge is -2.16. The van der Waals surface area contributed by atoms with Gasteiger partial charge >= 0.3 is 12.0 Å². The van der Waals surface area contributed by atoms with Crippen molar-refractivity contribution in [2.24, 2.45) is 0 Å². The Kier molecular flexibility index (Phi) is 6.77. The fraction of sp³-hybridized carbons (Fsp3) is 0.636. The van der Waals surface area contributed by atoms with Crippen molar-refractivity contribution >= 4 is 12.0 Å². The Morgan fingerprint density at radius 1 is 1.38 bits per heavy atom. The number of rotatable bonds is 6. The number of aliphatic carboxylic acids is 1. The number of carboxylic acid groups (broad SMARTS) is 1. The molecule has 0 aromatic carbocycles. The fourth-order valence-corrected chi connectivity index (χ4v) is 1.18. The minimum Gasteiger partial charge on any atom is -0.480 e. The SMILES string of the molecule is C#CC(CCC)NC(=O)N[C@H](CC)C(=O)O. The van der Waals surface area contributed by atoms with Crippen LogP contribution >= 0.6 is 0 Å². The summed E-state index contributed by atoms with van der Waals surface area (Å²) in [6.45, 7) is 3.64. The van der Waals surface area contributed by atoms with E-state index in [1.165, 1.54) is 0 Å². The van der Waals surface area contributed by atoms with Gasteiger partial charge in [0.05, 0.1) is 6.04 Å². The molecule has 5 heteroatoms. The fourth-order valence-electron chi connectivity index (χ4n) is 1.18. The van der Waals surface area contributed by atoms with Crippen molar-refractivity contribution in [1.29, 1.82) is 0 Å². The van der Waals surface area contributed by atoms with Crippen molar-refractivity contribution in [3.63, 3.8) is 0 Å². The third-order valence-corrected chi connectivity index (χ3v) is 2.10. The van der Waals surface area contributed by atoms with E-state index < -0.39 is 18.0 Å². The maximum Gasteiger partial charge on any atom is 0.326 e. The van der Waals surface area contributed by atoms with E-state index >= 15 is 0 Å². The molecule has 0 aromatic heterocycles. The predicted octanol–water partition coefficient (Wildman–Crippen LogP) is 0.951. The van der Waals surface area contributed by atoms with E-state index in [0.29, 0.717) is 12.8 Å². The average molecular weight is 226 g/mol. The highest BCUT2D eigenvalue weighted by molar-refractivity contribution is 5.82. The Morgan fingerprint density at radius 2 is 2.00 bits per heavy atom. The second-order valence-corrected chi connectivity index (χ2v) is 3.42. The molecular formula is C11H18N2O3. The molecule has 16 heavy (non-hydrogen) atoms. The van der Waals surface area contributed by atoms with Crippen LogP contribution in [-0.2, 0) is 4.79 Å². The first-order valence-electron chi connectivity index (χ1n) is 5.31. The number of hydrogen-bond donors (Lipinski definition) is 3. The van der Waals surface area contributed by atoms with E-state index in [2.05, 4.69) is 16.6 Å². The first kappa shape index (κ1) is 14.3. The quantitative estimate of drug-likeness (QED) is 0.590. The van der Waals surface area contributed by atoms with Crippen molar-refractivity contribution in [3.05, 3.63) is 0 Å². The van der Waals surface area contributed by atoms with Crippen LogP contribution in [0.3, 0.4) is 0 Å². The molecule has 2 amide bonds. The summed E-state index contributed by atoms with van der Waals surface area (Å²) in [6, 6.07) is -1.76. The molecule has 90 valence electrons. The van der Waals surface area contributed by atoms with Crippen molar-refractivity contribution in [2.45, 2.75) is 45.2 Å². The molecule has 0 aliphatic carbocycles. The van der Waals surface area contributed by atoms with Crippen LogP contribution in [-0.4, -0.2) is 29.2 Å². The maximum atomic E-state index is 11.4. The summed E-state index contributed by atoms with van der Waals surface area (Å²) in [5.74, 6) is 1.38. The van der Waals surface area contributed by atoms with E-state index in [0.717, 1.165) is 6.42 Å². The molecule has 5 nitrogen and oxygen atoms in total. The number of amides is 2. The predicted molar refractivity (Wildman–Crippen MR) is 60.9 cm³/mol. The Morgan fingerprint density at radius 3 is 2.38 bits per heavy atom. The van der Waals surface area contributed by atoms with Gasteiger partial charge in [0.1, 0.15) is 6.04 Å². The first-order chi connectivity index (χ1) is 7.54. The zero-order chi connectivity index (χ0) is 12.6. The summed E-state index contributed by atoms with van der Waals surface area (Å²) in [6.07, 6.45) is 7.08. The Balaban J connectivity index is 4.16. The van der Waals surface area contributed by atoms with Crippen LogP contribution in [0.2, 0.25) is 0 Å². The molecule has 1 unspecified atom stereocenters. The summed E-state index contributed by atoms with van der Waals surface area (Å²) in [5.41, 5.74) is 0. The van der Waals surface area contributed by atoms with Gasteiger partial charge in [-0.25, -0.2) is 9.59 Å². The van der Waals surface area contributed by atoms with Crippen LogP contribution in [0.25, 0.3) is 0 Å². The van der Waals surface area contributed by atoms with Crippen molar-refractivity contribution < 1.29 is 14.7 Å². The Hall–Kier alpha value is -1.70. The van der Waals surface area contributed by atoms with Crippen LogP contribution in [0, 0.1) is 12.3 Å². The molecule has 3 N–H and O–H groups in total. The van der Waals surface area contributed by atoms with Gasteiger partial charge in [0.15, 0.2) is 0 Å². The normalized spacial score (nSPS) is 13.3.